The lowest BCUT2D eigenvalue weighted by molar-refractivity contribution is 0.138. The Morgan fingerprint density at radius 3 is 2.37 bits per heavy atom. The highest BCUT2D eigenvalue weighted by molar-refractivity contribution is 9.11. The predicted molar refractivity (Wildman–Crippen MR) is 83.6 cm³/mol. The number of aliphatic hydroxyl groups is 2. The van der Waals surface area contributed by atoms with Crippen molar-refractivity contribution >= 4 is 15.9 Å². The molecule has 0 bridgehead atoms. The maximum Gasteiger partial charge on any atom is 0.138 e. The molecule has 0 saturated carbocycles. The van der Waals surface area contributed by atoms with E-state index in [4.69, 9.17) is 10.2 Å². The van der Waals surface area contributed by atoms with E-state index in [1.165, 1.54) is 32.1 Å². The zero-order valence-electron chi connectivity index (χ0n) is 11.4. The first-order valence-electron chi connectivity index (χ1n) is 6.83. The molecule has 1 unspecified atom stereocenters. The van der Waals surface area contributed by atoms with E-state index < -0.39 is 6.10 Å². The first-order chi connectivity index (χ1) is 9.31. The standard InChI is InChI=1S/C16H23BrO2/c17-14-12-10-8-6-4-2-1-3-5-7-9-11-13-16(19)15-18/h12,14,16,18-19H,1-6,8,10,15H2/b14-12+. The molecule has 19 heavy (non-hydrogen) atoms. The second kappa shape index (κ2) is 15.3. The van der Waals surface area contributed by atoms with Crippen molar-refractivity contribution in [2.75, 3.05) is 6.61 Å². The minimum atomic E-state index is -0.964. The van der Waals surface area contributed by atoms with E-state index in [0.29, 0.717) is 0 Å². The largest absolute Gasteiger partial charge is 0.393 e. The van der Waals surface area contributed by atoms with Crippen LogP contribution in [0.2, 0.25) is 0 Å². The molecule has 106 valence electrons. The molecule has 2 N–H and O–H groups in total. The van der Waals surface area contributed by atoms with Gasteiger partial charge in [-0.15, -0.1) is 0 Å². The smallest absolute Gasteiger partial charge is 0.138 e. The van der Waals surface area contributed by atoms with Gasteiger partial charge in [0.05, 0.1) is 6.61 Å². The molecule has 0 aliphatic carbocycles. The average Bonchev–Trinajstić information content (AvgIpc) is 2.43. The summed E-state index contributed by atoms with van der Waals surface area (Å²) in [6.45, 7) is -0.333. The third kappa shape index (κ3) is 15.2. The van der Waals surface area contributed by atoms with Gasteiger partial charge in [0.15, 0.2) is 0 Å². The first-order valence-corrected chi connectivity index (χ1v) is 7.75. The lowest BCUT2D eigenvalue weighted by Crippen LogP contribution is -2.07. The van der Waals surface area contributed by atoms with Crippen molar-refractivity contribution in [1.82, 2.24) is 0 Å². The Morgan fingerprint density at radius 1 is 1.00 bits per heavy atom. The van der Waals surface area contributed by atoms with Gasteiger partial charge < -0.3 is 10.2 Å². The highest BCUT2D eigenvalue weighted by Crippen LogP contribution is 2.08. The zero-order chi connectivity index (χ0) is 14.2. The average molecular weight is 327 g/mol. The van der Waals surface area contributed by atoms with E-state index >= 15 is 0 Å². The molecule has 0 aromatic rings. The van der Waals surface area contributed by atoms with Crippen LogP contribution in [0.25, 0.3) is 0 Å². The van der Waals surface area contributed by atoms with E-state index in [-0.39, 0.29) is 6.61 Å². The minimum Gasteiger partial charge on any atom is -0.393 e. The van der Waals surface area contributed by atoms with Gasteiger partial charge in [-0.2, -0.15) is 0 Å². The molecule has 0 rings (SSSR count). The zero-order valence-corrected chi connectivity index (χ0v) is 13.0. The molecule has 2 nitrogen and oxygen atoms in total. The SMILES string of the molecule is OCC(O)C#CC#CCCCCCCCC/C=C/Br. The normalized spacial score (nSPS) is 11.5. The van der Waals surface area contributed by atoms with E-state index in [9.17, 15) is 0 Å². The van der Waals surface area contributed by atoms with E-state index in [2.05, 4.69) is 45.7 Å². The Balaban J connectivity index is 3.31. The molecule has 0 aromatic carbocycles. The summed E-state index contributed by atoms with van der Waals surface area (Å²) in [4.78, 5) is 1.92. The Labute approximate surface area is 125 Å². The van der Waals surface area contributed by atoms with Gasteiger partial charge in [0.25, 0.3) is 0 Å². The molecule has 1 atom stereocenters. The third-order valence-corrected chi connectivity index (χ3v) is 2.95. The minimum absolute atomic E-state index is 0.333. The number of hydrogen-bond acceptors (Lipinski definition) is 2. The van der Waals surface area contributed by atoms with Crippen LogP contribution in [0.4, 0.5) is 0 Å². The first kappa shape index (κ1) is 18.3. The van der Waals surface area contributed by atoms with Gasteiger partial charge in [-0.1, -0.05) is 59.5 Å². The fourth-order valence-electron chi connectivity index (χ4n) is 1.52. The number of unbranched alkanes of at least 4 members (excludes halogenated alkanes) is 7. The van der Waals surface area contributed by atoms with Crippen LogP contribution in [0.5, 0.6) is 0 Å². The van der Waals surface area contributed by atoms with Gasteiger partial charge in [-0.3, -0.25) is 0 Å². The number of aliphatic hydroxyl groups excluding tert-OH is 2. The van der Waals surface area contributed by atoms with E-state index in [1.807, 2.05) is 4.99 Å². The van der Waals surface area contributed by atoms with Gasteiger partial charge in [-0.25, -0.2) is 0 Å². The highest BCUT2D eigenvalue weighted by Gasteiger charge is 1.91. The summed E-state index contributed by atoms with van der Waals surface area (Å²) in [6, 6.07) is 0. The monoisotopic (exact) mass is 326 g/mol. The van der Waals surface area contributed by atoms with Crippen molar-refractivity contribution in [2.24, 2.45) is 0 Å². The van der Waals surface area contributed by atoms with Crippen LogP contribution in [0.1, 0.15) is 51.4 Å². The molecule has 0 amide bonds. The highest BCUT2D eigenvalue weighted by atomic mass is 79.9. The van der Waals surface area contributed by atoms with Crippen LogP contribution in [0.15, 0.2) is 11.1 Å². The van der Waals surface area contributed by atoms with Crippen molar-refractivity contribution in [3.8, 4) is 23.7 Å². The molecule has 0 aliphatic heterocycles. The molecule has 0 saturated heterocycles. The molecule has 0 fully saturated rings. The van der Waals surface area contributed by atoms with Crippen molar-refractivity contribution in [3.63, 3.8) is 0 Å². The third-order valence-electron chi connectivity index (χ3n) is 2.57. The quantitative estimate of drug-likeness (QED) is 0.503. The summed E-state index contributed by atoms with van der Waals surface area (Å²) in [5.41, 5.74) is 0. The van der Waals surface area contributed by atoms with Crippen LogP contribution in [-0.2, 0) is 0 Å². The van der Waals surface area contributed by atoms with Gasteiger partial charge in [0.2, 0.25) is 0 Å². The lowest BCUT2D eigenvalue weighted by Gasteiger charge is -1.98. The van der Waals surface area contributed by atoms with Crippen LogP contribution in [-0.4, -0.2) is 22.9 Å². The maximum atomic E-state index is 8.94. The Kier molecular flexibility index (Phi) is 14.7. The molecule has 0 aromatic heterocycles. The molecule has 0 radical (unpaired) electrons. The van der Waals surface area contributed by atoms with Crippen LogP contribution in [0, 0.1) is 23.7 Å². The van der Waals surface area contributed by atoms with E-state index in [0.717, 1.165) is 19.3 Å². The van der Waals surface area contributed by atoms with Crippen LogP contribution < -0.4 is 0 Å². The van der Waals surface area contributed by atoms with Crippen molar-refractivity contribution < 1.29 is 10.2 Å². The fourth-order valence-corrected chi connectivity index (χ4v) is 1.78. The summed E-state index contributed by atoms with van der Waals surface area (Å²) < 4.78 is 0. The lowest BCUT2D eigenvalue weighted by atomic mass is 10.1. The Morgan fingerprint density at radius 2 is 1.68 bits per heavy atom. The Hall–Kier alpha value is -0.740. The molecule has 0 heterocycles. The predicted octanol–water partition coefficient (Wildman–Crippen LogP) is 3.38. The van der Waals surface area contributed by atoms with Crippen molar-refractivity contribution in [3.05, 3.63) is 11.1 Å². The van der Waals surface area contributed by atoms with Gasteiger partial charge in [0.1, 0.15) is 6.10 Å². The van der Waals surface area contributed by atoms with Crippen molar-refractivity contribution in [1.29, 1.82) is 0 Å². The molecule has 0 aliphatic rings. The topological polar surface area (TPSA) is 40.5 Å². The van der Waals surface area contributed by atoms with Gasteiger partial charge in [0, 0.05) is 6.42 Å². The van der Waals surface area contributed by atoms with Crippen LogP contribution >= 0.6 is 15.9 Å². The second-order valence-electron chi connectivity index (χ2n) is 4.29. The summed E-state index contributed by atoms with van der Waals surface area (Å²) in [5, 5.41) is 17.5. The number of hydrogen-bond donors (Lipinski definition) is 2. The van der Waals surface area contributed by atoms with Gasteiger partial charge in [-0.05, 0) is 36.1 Å². The number of rotatable bonds is 9. The molecular weight excluding hydrogens is 304 g/mol. The summed E-state index contributed by atoms with van der Waals surface area (Å²) in [6.07, 6.45) is 10.7. The second-order valence-corrected chi connectivity index (χ2v) is 4.82. The maximum absolute atomic E-state index is 8.94. The summed E-state index contributed by atoms with van der Waals surface area (Å²) in [7, 11) is 0. The fraction of sp³-hybridized carbons (Fsp3) is 0.625. The summed E-state index contributed by atoms with van der Waals surface area (Å²) in [5.74, 6) is 10.6. The van der Waals surface area contributed by atoms with E-state index in [1.54, 1.807) is 0 Å². The molecular formula is C16H23BrO2. The molecule has 3 heteroatoms. The summed E-state index contributed by atoms with van der Waals surface area (Å²) >= 11 is 3.26. The number of halogens is 1. The van der Waals surface area contributed by atoms with Gasteiger partial charge >= 0.3 is 0 Å². The Bertz CT molecular complexity index is 341. The van der Waals surface area contributed by atoms with Crippen molar-refractivity contribution in [2.45, 2.75) is 57.5 Å². The number of allylic oxidation sites excluding steroid dienone is 1. The van der Waals surface area contributed by atoms with Crippen LogP contribution in [0.3, 0.4) is 0 Å². The molecule has 0 spiro atoms.